The third-order valence-electron chi connectivity index (χ3n) is 12.1. The van der Waals surface area contributed by atoms with Crippen LogP contribution in [-0.4, -0.2) is 0 Å². The number of fused-ring (bicyclic) bond motifs is 9. The van der Waals surface area contributed by atoms with Crippen molar-refractivity contribution in [2.45, 2.75) is 31.6 Å². The van der Waals surface area contributed by atoms with Crippen LogP contribution in [0.4, 0.5) is 0 Å². The normalized spacial score (nSPS) is 20.7. The summed E-state index contributed by atoms with van der Waals surface area (Å²) in [6, 6.07) is 40.7. The molecule has 1 heteroatoms. The molecule has 0 N–H and O–H groups in total. The van der Waals surface area contributed by atoms with Gasteiger partial charge in [0.05, 0.1) is 5.92 Å². The minimum atomic E-state index is -0.170. The minimum Gasteiger partial charge on any atom is -0.139 e. The van der Waals surface area contributed by atoms with E-state index in [0.29, 0.717) is 0 Å². The first-order valence-corrected chi connectivity index (χ1v) is 19.6. The predicted octanol–water partition coefficient (Wildman–Crippen LogP) is 12.0. The molecule has 7 aromatic rings. The van der Waals surface area contributed by atoms with Crippen LogP contribution in [0.15, 0.2) is 140 Å². The molecule has 0 bridgehead atoms. The molecular formula is C52H36S. The molecule has 0 saturated heterocycles. The van der Waals surface area contributed by atoms with E-state index in [0.717, 1.165) is 12.8 Å². The molecule has 3 atom stereocenters. The molecular weight excluding hydrogens is 657 g/mol. The highest BCUT2D eigenvalue weighted by atomic mass is 32.1. The zero-order chi connectivity index (χ0) is 35.1. The Morgan fingerprint density at radius 3 is 2.51 bits per heavy atom. The highest BCUT2D eigenvalue weighted by molar-refractivity contribution is 7.19. The Kier molecular flexibility index (Phi) is 6.82. The van der Waals surface area contributed by atoms with E-state index in [1.54, 1.807) is 0 Å². The zero-order valence-electron chi connectivity index (χ0n) is 29.6. The van der Waals surface area contributed by atoms with Gasteiger partial charge in [0, 0.05) is 20.9 Å². The van der Waals surface area contributed by atoms with Crippen LogP contribution in [-0.2, 0) is 6.42 Å². The third kappa shape index (κ3) is 4.69. The first kappa shape index (κ1) is 30.7. The summed E-state index contributed by atoms with van der Waals surface area (Å²) in [7, 11) is 0. The zero-order valence-corrected chi connectivity index (χ0v) is 30.4. The van der Waals surface area contributed by atoms with Crippen molar-refractivity contribution in [3.05, 3.63) is 183 Å². The Morgan fingerprint density at radius 1 is 0.736 bits per heavy atom. The van der Waals surface area contributed by atoms with Gasteiger partial charge >= 0.3 is 0 Å². The first-order chi connectivity index (χ1) is 26.1. The van der Waals surface area contributed by atoms with Gasteiger partial charge in [-0.3, -0.25) is 0 Å². The predicted molar refractivity (Wildman–Crippen MR) is 228 cm³/mol. The van der Waals surface area contributed by atoms with Crippen molar-refractivity contribution >= 4 is 72.8 Å². The molecule has 1 heterocycles. The van der Waals surface area contributed by atoms with E-state index in [1.807, 2.05) is 11.3 Å². The quantitative estimate of drug-likeness (QED) is 0.162. The molecule has 0 spiro atoms. The standard InChI is InChI=1S/C52H36S/c1-52-28-11-10-22-46(52)51-45(40-19-8-9-23-48(40)53-51)32-47(52)37-26-27-43-44(31-37)50(39-25-24-34-14-3-5-16-36(34)30-39)42-21-7-6-20-41(42)49(43)38-18-12-17-33-13-2-4-15-35(33)29-38/h2-5,7-11,13-17,19,21-32,38,46H,6,20H2,1H3. The number of rotatable bonds is 3. The summed E-state index contributed by atoms with van der Waals surface area (Å²) in [5, 5.41) is 8.92. The fourth-order valence-electron chi connectivity index (χ4n) is 9.54. The molecule has 11 rings (SSSR count). The molecule has 0 saturated carbocycles. The lowest BCUT2D eigenvalue weighted by molar-refractivity contribution is 0.506. The molecule has 3 unspecified atom stereocenters. The number of thiophene rings is 1. The molecule has 0 amide bonds. The average molecular weight is 693 g/mol. The lowest BCUT2D eigenvalue weighted by Gasteiger charge is -2.41. The first-order valence-electron chi connectivity index (χ1n) is 18.8. The van der Waals surface area contributed by atoms with Gasteiger partial charge in [0.1, 0.15) is 0 Å². The van der Waals surface area contributed by atoms with Crippen molar-refractivity contribution < 1.29 is 0 Å². The number of hydrogen-bond donors (Lipinski definition) is 0. The van der Waals surface area contributed by atoms with Gasteiger partial charge in [0.2, 0.25) is 0 Å². The van der Waals surface area contributed by atoms with Crippen molar-refractivity contribution in [2.75, 3.05) is 0 Å². The largest absolute Gasteiger partial charge is 0.139 e. The van der Waals surface area contributed by atoms with Gasteiger partial charge in [-0.05, 0) is 125 Å². The maximum Gasteiger partial charge on any atom is 0.0654 e. The maximum absolute atomic E-state index is 3.70. The highest BCUT2D eigenvalue weighted by Gasteiger charge is 2.42. The topological polar surface area (TPSA) is 0 Å². The van der Waals surface area contributed by atoms with Crippen molar-refractivity contribution in [1.82, 2.24) is 0 Å². The van der Waals surface area contributed by atoms with Crippen LogP contribution in [0.3, 0.4) is 0 Å². The summed E-state index contributed by atoms with van der Waals surface area (Å²) < 4.78 is 1.36. The van der Waals surface area contributed by atoms with Crippen molar-refractivity contribution in [3.63, 3.8) is 0 Å². The van der Waals surface area contributed by atoms with Crippen LogP contribution < -0.4 is 10.4 Å². The maximum atomic E-state index is 3.70. The Bertz CT molecular complexity index is 3040. The summed E-state index contributed by atoms with van der Waals surface area (Å²) in [6.45, 7) is 2.44. The molecule has 250 valence electrons. The van der Waals surface area contributed by atoms with E-state index in [4.69, 9.17) is 0 Å². The second kappa shape index (κ2) is 11.8. The second-order valence-electron chi connectivity index (χ2n) is 15.1. The van der Waals surface area contributed by atoms with Gasteiger partial charge in [0.25, 0.3) is 0 Å². The molecule has 6 aromatic carbocycles. The van der Waals surface area contributed by atoms with Gasteiger partial charge in [-0.25, -0.2) is 0 Å². The Labute approximate surface area is 314 Å². The molecule has 0 fully saturated rings. The van der Waals surface area contributed by atoms with Crippen molar-refractivity contribution in [2.24, 2.45) is 5.41 Å². The lowest BCUT2D eigenvalue weighted by Crippen LogP contribution is -2.28. The molecule has 1 aromatic heterocycles. The van der Waals surface area contributed by atoms with E-state index < -0.39 is 0 Å². The van der Waals surface area contributed by atoms with Crippen LogP contribution in [0.2, 0.25) is 0 Å². The SMILES string of the molecule is CC12C=CC=CC1c1sc3ccccc3c1C=C2c1ccc2c(C3C#CC=c4ccccc4=C3)c3c(c(-c4ccc5ccccc5c4)c2c1)C=CCC3. The van der Waals surface area contributed by atoms with Gasteiger partial charge in [-0.2, -0.15) is 0 Å². The summed E-state index contributed by atoms with van der Waals surface area (Å²) in [6.07, 6.45) is 23.2. The van der Waals surface area contributed by atoms with Crippen molar-refractivity contribution in [3.8, 4) is 23.0 Å². The van der Waals surface area contributed by atoms with Crippen LogP contribution >= 0.6 is 11.3 Å². The van der Waals surface area contributed by atoms with Crippen LogP contribution in [0.5, 0.6) is 0 Å². The highest BCUT2D eigenvalue weighted by Crippen LogP contribution is 2.58. The fraction of sp³-hybridized carbons (Fsp3) is 0.115. The number of benzene rings is 6. The van der Waals surface area contributed by atoms with Gasteiger partial charge in [-0.1, -0.05) is 152 Å². The molecule has 4 aliphatic carbocycles. The van der Waals surface area contributed by atoms with E-state index in [-0.39, 0.29) is 17.3 Å². The lowest BCUT2D eigenvalue weighted by atomic mass is 9.63. The molecule has 53 heavy (non-hydrogen) atoms. The van der Waals surface area contributed by atoms with Crippen LogP contribution in [0.1, 0.15) is 57.9 Å². The third-order valence-corrected chi connectivity index (χ3v) is 13.4. The minimum absolute atomic E-state index is 0.0175. The van der Waals surface area contributed by atoms with E-state index in [9.17, 15) is 0 Å². The van der Waals surface area contributed by atoms with Gasteiger partial charge < -0.3 is 0 Å². The monoisotopic (exact) mass is 692 g/mol. The smallest absolute Gasteiger partial charge is 0.0654 e. The fourth-order valence-corrected chi connectivity index (χ4v) is 10.9. The summed E-state index contributed by atoms with van der Waals surface area (Å²) in [4.78, 5) is 1.47. The number of hydrogen-bond acceptors (Lipinski definition) is 1. The van der Waals surface area contributed by atoms with Gasteiger partial charge in [-0.15, -0.1) is 11.3 Å². The Hall–Kier alpha value is -5.94. The summed E-state index contributed by atoms with van der Waals surface area (Å²) >= 11 is 1.96. The average Bonchev–Trinajstić information content (AvgIpc) is 3.43. The molecule has 0 radical (unpaired) electrons. The Morgan fingerprint density at radius 2 is 1.57 bits per heavy atom. The number of allylic oxidation sites excluding steroid dienone is 6. The van der Waals surface area contributed by atoms with E-state index in [1.165, 1.54) is 91.5 Å². The molecule has 0 nitrogen and oxygen atoms in total. The summed E-state index contributed by atoms with van der Waals surface area (Å²) in [5.74, 6) is 7.43. The van der Waals surface area contributed by atoms with Crippen LogP contribution in [0.25, 0.3) is 72.6 Å². The van der Waals surface area contributed by atoms with Gasteiger partial charge in [0.15, 0.2) is 0 Å². The Balaban J connectivity index is 1.23. The second-order valence-corrected chi connectivity index (χ2v) is 16.2. The van der Waals surface area contributed by atoms with Crippen LogP contribution in [0, 0.1) is 17.3 Å². The van der Waals surface area contributed by atoms with E-state index in [2.05, 4.69) is 183 Å². The molecule has 0 aliphatic heterocycles. The molecule has 4 aliphatic rings. The van der Waals surface area contributed by atoms with E-state index >= 15 is 0 Å². The summed E-state index contributed by atoms with van der Waals surface area (Å²) in [5.41, 5.74) is 10.6. The van der Waals surface area contributed by atoms with Crippen molar-refractivity contribution in [1.29, 1.82) is 0 Å².